The first-order valence-electron chi connectivity index (χ1n) is 12.5. The molecule has 3 amide bonds. The van der Waals surface area contributed by atoms with Gasteiger partial charge in [0.25, 0.3) is 5.91 Å². The minimum Gasteiger partial charge on any atom is -0.379 e. The normalized spacial score (nSPS) is 21.6. The van der Waals surface area contributed by atoms with E-state index in [1.807, 2.05) is 17.1 Å². The fraction of sp³-hybridized carbons (Fsp3) is 0.400. The van der Waals surface area contributed by atoms with E-state index in [1.54, 1.807) is 23.2 Å². The van der Waals surface area contributed by atoms with E-state index in [9.17, 15) is 14.4 Å². The van der Waals surface area contributed by atoms with Gasteiger partial charge in [-0.25, -0.2) is 14.8 Å². The quantitative estimate of drug-likeness (QED) is 0.554. The average molecular weight is 522 g/mol. The Morgan fingerprint density at radius 3 is 2.57 bits per heavy atom. The van der Waals surface area contributed by atoms with Crippen molar-refractivity contribution in [3.05, 3.63) is 56.8 Å². The number of anilines is 1. The van der Waals surface area contributed by atoms with Crippen molar-refractivity contribution in [1.29, 1.82) is 0 Å². The second-order valence-corrected chi connectivity index (χ2v) is 10.4. The molecule has 11 nitrogen and oxygen atoms in total. The number of nitrogens with one attached hydrogen (secondary N) is 3. The van der Waals surface area contributed by atoms with Crippen molar-refractivity contribution in [2.75, 3.05) is 44.7 Å². The highest BCUT2D eigenvalue weighted by Gasteiger charge is 2.42. The Balaban J connectivity index is 1.21. The third-order valence-corrected chi connectivity index (χ3v) is 7.95. The summed E-state index contributed by atoms with van der Waals surface area (Å²) in [5.74, 6) is -0.371. The first kappa shape index (κ1) is 23.9. The molecule has 4 aliphatic rings. The molecule has 2 aromatic rings. The van der Waals surface area contributed by atoms with E-state index < -0.39 is 12.1 Å². The van der Waals surface area contributed by atoms with Gasteiger partial charge in [0.1, 0.15) is 11.7 Å². The predicted octanol–water partition coefficient (Wildman–Crippen LogP) is 3.36. The van der Waals surface area contributed by atoms with Gasteiger partial charge in [0.15, 0.2) is 5.78 Å². The number of benzene rings is 1. The molecule has 2 saturated heterocycles. The van der Waals surface area contributed by atoms with Crippen LogP contribution in [0.4, 0.5) is 10.5 Å². The minimum atomic E-state index is -0.519. The number of rotatable bonds is 5. The fourth-order valence-electron chi connectivity index (χ4n) is 5.04. The number of carbonyl (C=O) groups excluding carboxylic acids is 3. The first-order chi connectivity index (χ1) is 18.1. The van der Waals surface area contributed by atoms with Crippen molar-refractivity contribution in [3.63, 3.8) is 0 Å². The largest absolute Gasteiger partial charge is 0.379 e. The van der Waals surface area contributed by atoms with Crippen LogP contribution in [0, 0.1) is 0 Å². The van der Waals surface area contributed by atoms with Gasteiger partial charge in [0, 0.05) is 26.2 Å². The smallest absolute Gasteiger partial charge is 0.333 e. The summed E-state index contributed by atoms with van der Waals surface area (Å²) in [7, 11) is 0. The highest BCUT2D eigenvalue weighted by atomic mass is 32.1. The number of piperidine rings is 1. The average Bonchev–Trinajstić information content (AvgIpc) is 3.62. The van der Waals surface area contributed by atoms with Crippen LogP contribution in [-0.4, -0.2) is 67.1 Å². The molecule has 0 saturated carbocycles. The molecular formula is C25H27N7O4S. The second-order valence-electron chi connectivity index (χ2n) is 9.30. The number of hydrogen-bond acceptors (Lipinski definition) is 9. The zero-order chi connectivity index (χ0) is 25.4. The number of ketones is 1. The summed E-state index contributed by atoms with van der Waals surface area (Å²) in [6.45, 7) is 3.99. The van der Waals surface area contributed by atoms with Crippen LogP contribution in [0.3, 0.4) is 0 Å². The number of carbonyl (C=O) groups is 3. The molecule has 0 radical (unpaired) electrons. The highest BCUT2D eigenvalue weighted by Crippen LogP contribution is 2.49. The molecule has 1 atom stereocenters. The Labute approximate surface area is 217 Å². The topological polar surface area (TPSA) is 128 Å². The summed E-state index contributed by atoms with van der Waals surface area (Å²) in [5.41, 5.74) is 8.30. The van der Waals surface area contributed by atoms with Crippen LogP contribution >= 0.6 is 11.3 Å². The Morgan fingerprint density at radius 2 is 1.76 bits per heavy atom. The number of ether oxygens (including phenoxy) is 1. The molecule has 1 unspecified atom stereocenters. The van der Waals surface area contributed by atoms with Crippen LogP contribution in [-0.2, 0) is 4.74 Å². The van der Waals surface area contributed by atoms with Gasteiger partial charge in [-0.15, -0.1) is 11.3 Å². The van der Waals surface area contributed by atoms with Crippen LogP contribution in [0.25, 0.3) is 5.70 Å². The molecule has 37 heavy (non-hydrogen) atoms. The van der Waals surface area contributed by atoms with Crippen molar-refractivity contribution < 1.29 is 19.1 Å². The molecular weight excluding hydrogens is 494 g/mol. The van der Waals surface area contributed by atoms with E-state index in [2.05, 4.69) is 26.4 Å². The zero-order valence-corrected chi connectivity index (χ0v) is 21.0. The standard InChI is InChI=1S/C25H27N7O4S/c33-23-19-15(5-4-6-16(19)26-25(35)30-32-11-13-36-14-12-32)21-20(23)22(28-27-21)17-7-8-18(37-17)24(34)29-31-9-2-1-3-10-31/h4-8,21H,1-3,9-14H2,(H,29,34)(H2,26,30,35). The molecule has 3 aliphatic heterocycles. The van der Waals surface area contributed by atoms with Gasteiger partial charge in [-0.05, 0) is 36.6 Å². The number of Topliss-reactive ketones (excluding diaryl/α,β-unsaturated/α-hetero) is 1. The SMILES string of the molecule is O=C(Nc1cccc2c1C(=O)C1=C(c3ccc(C(=O)NN4CCCCC4)s3)N=NC12)NN1CCOCC1. The number of urea groups is 1. The van der Waals surface area contributed by atoms with Crippen LogP contribution < -0.4 is 16.2 Å². The maximum Gasteiger partial charge on any atom is 0.333 e. The van der Waals surface area contributed by atoms with Crippen LogP contribution in [0.15, 0.2) is 46.1 Å². The number of azo groups is 1. The molecule has 1 aromatic heterocycles. The van der Waals surface area contributed by atoms with E-state index in [-0.39, 0.29) is 11.7 Å². The first-order valence-corrected chi connectivity index (χ1v) is 13.3. The number of amides is 3. The van der Waals surface area contributed by atoms with Gasteiger partial charge in [-0.3, -0.25) is 20.4 Å². The number of hydrazine groups is 2. The number of nitrogens with zero attached hydrogens (tertiary/aromatic N) is 4. The molecule has 192 valence electrons. The highest BCUT2D eigenvalue weighted by molar-refractivity contribution is 7.15. The molecule has 6 rings (SSSR count). The molecule has 2 fully saturated rings. The summed E-state index contributed by atoms with van der Waals surface area (Å²) in [6, 6.07) is 7.97. The third kappa shape index (κ3) is 4.68. The molecule has 3 N–H and O–H groups in total. The molecule has 0 bridgehead atoms. The Morgan fingerprint density at radius 1 is 0.973 bits per heavy atom. The maximum absolute atomic E-state index is 13.6. The summed E-state index contributed by atoms with van der Waals surface area (Å²) < 4.78 is 5.31. The van der Waals surface area contributed by atoms with Gasteiger partial charge in [-0.1, -0.05) is 18.6 Å². The van der Waals surface area contributed by atoms with Gasteiger partial charge < -0.3 is 10.1 Å². The monoisotopic (exact) mass is 521 g/mol. The predicted molar refractivity (Wildman–Crippen MR) is 137 cm³/mol. The van der Waals surface area contributed by atoms with Crippen LogP contribution in [0.2, 0.25) is 0 Å². The number of fused-ring (bicyclic) bond motifs is 3. The van der Waals surface area contributed by atoms with E-state index in [0.29, 0.717) is 64.1 Å². The summed E-state index contributed by atoms with van der Waals surface area (Å²) in [6.07, 6.45) is 3.33. The van der Waals surface area contributed by atoms with E-state index in [4.69, 9.17) is 4.74 Å². The lowest BCUT2D eigenvalue weighted by Gasteiger charge is -2.27. The summed E-state index contributed by atoms with van der Waals surface area (Å²) in [5, 5.41) is 15.3. The second kappa shape index (κ2) is 10.1. The number of thiophene rings is 1. The molecule has 4 heterocycles. The van der Waals surface area contributed by atoms with Crippen molar-refractivity contribution >= 4 is 40.4 Å². The van der Waals surface area contributed by atoms with Crippen LogP contribution in [0.5, 0.6) is 0 Å². The van der Waals surface area contributed by atoms with E-state index >= 15 is 0 Å². The number of morpholine rings is 1. The molecule has 1 aliphatic carbocycles. The van der Waals surface area contributed by atoms with Crippen LogP contribution in [0.1, 0.15) is 55.8 Å². The van der Waals surface area contributed by atoms with Gasteiger partial charge >= 0.3 is 6.03 Å². The van der Waals surface area contributed by atoms with Gasteiger partial charge in [-0.2, -0.15) is 10.2 Å². The third-order valence-electron chi connectivity index (χ3n) is 6.86. The van der Waals surface area contributed by atoms with Crippen molar-refractivity contribution in [1.82, 2.24) is 20.9 Å². The summed E-state index contributed by atoms with van der Waals surface area (Å²) >= 11 is 1.29. The molecule has 0 spiro atoms. The minimum absolute atomic E-state index is 0.158. The molecule has 12 heteroatoms. The fourth-order valence-corrected chi connectivity index (χ4v) is 5.93. The summed E-state index contributed by atoms with van der Waals surface area (Å²) in [4.78, 5) is 40.3. The van der Waals surface area contributed by atoms with E-state index in [1.165, 1.54) is 17.8 Å². The lowest BCUT2D eigenvalue weighted by Crippen LogP contribution is -2.49. The van der Waals surface area contributed by atoms with E-state index in [0.717, 1.165) is 25.9 Å². The Kier molecular flexibility index (Phi) is 6.55. The lowest BCUT2D eigenvalue weighted by atomic mass is 10.1. The lowest BCUT2D eigenvalue weighted by molar-refractivity contribution is 0.0207. The van der Waals surface area contributed by atoms with Crippen molar-refractivity contribution in [2.45, 2.75) is 25.3 Å². The Hall–Kier alpha value is -3.45. The van der Waals surface area contributed by atoms with Crippen molar-refractivity contribution in [2.24, 2.45) is 10.2 Å². The molecule has 1 aromatic carbocycles. The van der Waals surface area contributed by atoms with Gasteiger partial charge in [0.05, 0.1) is 39.8 Å². The number of hydrogen-bond donors (Lipinski definition) is 3. The zero-order valence-electron chi connectivity index (χ0n) is 20.2. The maximum atomic E-state index is 13.6. The Bertz CT molecular complexity index is 1310. The van der Waals surface area contributed by atoms with Crippen molar-refractivity contribution in [3.8, 4) is 0 Å². The van der Waals surface area contributed by atoms with Gasteiger partial charge in [0.2, 0.25) is 0 Å².